The number of fused-ring (bicyclic) bond motifs is 1. The Kier molecular flexibility index (Phi) is 5.64. The van der Waals surface area contributed by atoms with Gasteiger partial charge in [0, 0.05) is 25.0 Å². The van der Waals surface area contributed by atoms with E-state index in [2.05, 4.69) is 0 Å². The first kappa shape index (κ1) is 21.1. The van der Waals surface area contributed by atoms with E-state index in [1.54, 1.807) is 48.5 Å². The molecule has 3 aromatic rings. The highest BCUT2D eigenvalue weighted by atomic mass is 16.6. The van der Waals surface area contributed by atoms with E-state index in [1.165, 1.54) is 21.0 Å². The van der Waals surface area contributed by atoms with Gasteiger partial charge in [-0.3, -0.25) is 9.59 Å². The summed E-state index contributed by atoms with van der Waals surface area (Å²) in [4.78, 5) is 27.3. The fourth-order valence-electron chi connectivity index (χ4n) is 3.60. The molecule has 1 heterocycles. The lowest BCUT2D eigenvalue weighted by molar-refractivity contribution is -0.132. The van der Waals surface area contributed by atoms with Crippen molar-refractivity contribution in [2.45, 2.75) is 19.4 Å². The Balaban J connectivity index is 1.87. The Morgan fingerprint density at radius 3 is 1.75 bits per heavy atom. The zero-order valence-electron chi connectivity index (χ0n) is 17.8. The third-order valence-electron chi connectivity index (χ3n) is 4.89. The minimum Gasteiger partial charge on any atom is -0.481 e. The van der Waals surface area contributed by atoms with Crippen molar-refractivity contribution in [3.8, 4) is 17.2 Å². The zero-order valence-corrected chi connectivity index (χ0v) is 17.8. The lowest BCUT2D eigenvalue weighted by atomic mass is 9.84. The molecule has 0 unspecified atom stereocenters. The summed E-state index contributed by atoms with van der Waals surface area (Å²) in [6, 6.07) is 21.3. The van der Waals surface area contributed by atoms with Crippen LogP contribution in [0.4, 0.5) is 5.69 Å². The molecule has 0 fully saturated rings. The molecule has 0 N–H and O–H groups in total. The van der Waals surface area contributed by atoms with Crippen LogP contribution in [0.3, 0.4) is 0 Å². The van der Waals surface area contributed by atoms with Crippen molar-refractivity contribution in [2.24, 2.45) is 4.99 Å². The molecule has 1 aliphatic rings. The van der Waals surface area contributed by atoms with E-state index in [4.69, 9.17) is 23.9 Å². The summed E-state index contributed by atoms with van der Waals surface area (Å²) in [5, 5.41) is 0. The maximum Gasteiger partial charge on any atom is 0.308 e. The van der Waals surface area contributed by atoms with Gasteiger partial charge in [0.05, 0.1) is 7.11 Å². The predicted molar refractivity (Wildman–Crippen MR) is 117 cm³/mol. The van der Waals surface area contributed by atoms with E-state index in [-0.39, 0.29) is 0 Å². The monoisotopic (exact) mass is 431 g/mol. The summed E-state index contributed by atoms with van der Waals surface area (Å²) < 4.78 is 22.6. The molecule has 162 valence electrons. The summed E-state index contributed by atoms with van der Waals surface area (Å²) in [7, 11) is 1.53. The molecule has 0 aliphatic carbocycles. The summed E-state index contributed by atoms with van der Waals surface area (Å²) in [6.07, 6.45) is 0. The summed E-state index contributed by atoms with van der Waals surface area (Å²) in [6.45, 7) is 2.69. The van der Waals surface area contributed by atoms with Gasteiger partial charge in [-0.05, 0) is 36.4 Å². The predicted octanol–water partition coefficient (Wildman–Crippen LogP) is 4.55. The second-order valence-corrected chi connectivity index (χ2v) is 7.11. The van der Waals surface area contributed by atoms with Gasteiger partial charge in [0.15, 0.2) is 0 Å². The molecule has 0 spiro atoms. The zero-order chi connectivity index (χ0) is 22.7. The van der Waals surface area contributed by atoms with Gasteiger partial charge in [-0.1, -0.05) is 36.4 Å². The Bertz CT molecular complexity index is 1120. The number of methoxy groups -OCH3 is 1. The number of hydrogen-bond donors (Lipinski definition) is 0. The quantitative estimate of drug-likeness (QED) is 0.445. The number of rotatable bonds is 4. The first-order chi connectivity index (χ1) is 15.4. The average Bonchev–Trinajstić information content (AvgIpc) is 2.78. The Labute approximate surface area is 185 Å². The van der Waals surface area contributed by atoms with Crippen molar-refractivity contribution in [1.29, 1.82) is 0 Å². The highest BCUT2D eigenvalue weighted by molar-refractivity contribution is 5.95. The van der Waals surface area contributed by atoms with Gasteiger partial charge in [-0.15, -0.1) is 0 Å². The fourth-order valence-corrected chi connectivity index (χ4v) is 3.60. The van der Waals surface area contributed by atoms with E-state index in [0.717, 1.165) is 0 Å². The summed E-state index contributed by atoms with van der Waals surface area (Å²) in [5.74, 6) is 0.923. The molecule has 0 amide bonds. The molecule has 7 heteroatoms. The van der Waals surface area contributed by atoms with Gasteiger partial charge < -0.3 is 18.9 Å². The molecular weight excluding hydrogens is 410 g/mol. The van der Waals surface area contributed by atoms with Crippen LogP contribution >= 0.6 is 0 Å². The van der Waals surface area contributed by atoms with E-state index in [9.17, 15) is 9.59 Å². The minimum absolute atomic E-state index is 0.330. The van der Waals surface area contributed by atoms with Crippen molar-refractivity contribution in [1.82, 2.24) is 0 Å². The number of hydrogen-bond acceptors (Lipinski definition) is 7. The molecule has 32 heavy (non-hydrogen) atoms. The van der Waals surface area contributed by atoms with Gasteiger partial charge in [0.2, 0.25) is 11.5 Å². The number of para-hydroxylation sites is 2. The number of benzene rings is 3. The molecule has 7 nitrogen and oxygen atoms in total. The number of aliphatic imine (C=N–C) groups is 1. The largest absolute Gasteiger partial charge is 0.481 e. The van der Waals surface area contributed by atoms with Gasteiger partial charge in [0.25, 0.3) is 0 Å². The molecule has 0 saturated heterocycles. The average molecular weight is 431 g/mol. The third-order valence-corrected chi connectivity index (χ3v) is 4.89. The SMILES string of the molecule is COC1=Nc2ccccc2OC1(c1ccc(OC(C)=O)cc1)c1ccc(OC(C)=O)cc1. The van der Waals surface area contributed by atoms with Crippen LogP contribution in [0.2, 0.25) is 0 Å². The van der Waals surface area contributed by atoms with E-state index >= 15 is 0 Å². The van der Waals surface area contributed by atoms with Crippen LogP contribution in [-0.4, -0.2) is 24.9 Å². The first-order valence-corrected chi connectivity index (χ1v) is 9.91. The van der Waals surface area contributed by atoms with E-state index < -0.39 is 17.5 Å². The molecule has 0 atom stereocenters. The number of nitrogens with zero attached hydrogens (tertiary/aromatic N) is 1. The molecule has 1 aliphatic heterocycles. The lowest BCUT2D eigenvalue weighted by Crippen LogP contribution is -2.45. The van der Waals surface area contributed by atoms with Crippen LogP contribution in [-0.2, 0) is 19.9 Å². The minimum atomic E-state index is -1.22. The van der Waals surface area contributed by atoms with Crippen LogP contribution in [0.25, 0.3) is 0 Å². The summed E-state index contributed by atoms with van der Waals surface area (Å²) in [5.41, 5.74) is 0.854. The van der Waals surface area contributed by atoms with Crippen molar-refractivity contribution in [2.75, 3.05) is 7.11 Å². The molecule has 0 aromatic heterocycles. The Morgan fingerprint density at radius 1 is 0.781 bits per heavy atom. The highest BCUT2D eigenvalue weighted by Crippen LogP contribution is 2.45. The van der Waals surface area contributed by atoms with Crippen LogP contribution in [0.1, 0.15) is 25.0 Å². The molecule has 0 bridgehead atoms. The smallest absolute Gasteiger partial charge is 0.308 e. The van der Waals surface area contributed by atoms with Gasteiger partial charge >= 0.3 is 11.9 Å². The highest BCUT2D eigenvalue weighted by Gasteiger charge is 2.47. The van der Waals surface area contributed by atoms with Crippen LogP contribution in [0, 0.1) is 0 Å². The fraction of sp³-hybridized carbons (Fsp3) is 0.160. The van der Waals surface area contributed by atoms with Crippen LogP contribution < -0.4 is 14.2 Å². The molecule has 3 aromatic carbocycles. The first-order valence-electron chi connectivity index (χ1n) is 9.91. The second kappa shape index (κ2) is 8.55. The standard InChI is InChI=1S/C25H21NO6/c1-16(27)30-20-12-8-18(9-13-20)25(19-10-14-21(15-11-19)31-17(2)28)24(29-3)26-22-6-4-5-7-23(22)32-25/h4-15H,1-3H3. The van der Waals surface area contributed by atoms with E-state index in [0.29, 0.717) is 40.0 Å². The van der Waals surface area contributed by atoms with Crippen molar-refractivity contribution < 1.29 is 28.5 Å². The normalized spacial score (nSPS) is 13.8. The number of ether oxygens (including phenoxy) is 4. The molecular formula is C25H21NO6. The topological polar surface area (TPSA) is 83.4 Å². The third kappa shape index (κ3) is 3.92. The molecule has 0 radical (unpaired) electrons. The molecule has 0 saturated carbocycles. The van der Waals surface area contributed by atoms with E-state index in [1.807, 2.05) is 24.3 Å². The second-order valence-electron chi connectivity index (χ2n) is 7.11. The van der Waals surface area contributed by atoms with Crippen molar-refractivity contribution in [3.05, 3.63) is 83.9 Å². The van der Waals surface area contributed by atoms with Crippen molar-refractivity contribution in [3.63, 3.8) is 0 Å². The lowest BCUT2D eigenvalue weighted by Gasteiger charge is -2.38. The maximum atomic E-state index is 11.3. The Morgan fingerprint density at radius 2 is 1.28 bits per heavy atom. The number of esters is 2. The molecule has 4 rings (SSSR count). The van der Waals surface area contributed by atoms with Gasteiger partial charge in [-0.25, -0.2) is 4.99 Å². The number of carbonyl (C=O) groups is 2. The van der Waals surface area contributed by atoms with Gasteiger partial charge in [-0.2, -0.15) is 0 Å². The van der Waals surface area contributed by atoms with Crippen LogP contribution in [0.15, 0.2) is 77.8 Å². The van der Waals surface area contributed by atoms with Crippen LogP contribution in [0.5, 0.6) is 17.2 Å². The van der Waals surface area contributed by atoms with Crippen molar-refractivity contribution >= 4 is 23.5 Å². The number of carbonyl (C=O) groups excluding carboxylic acids is 2. The maximum absolute atomic E-state index is 11.3. The Hall–Kier alpha value is -4.13. The van der Waals surface area contributed by atoms with Gasteiger partial charge in [0.1, 0.15) is 22.9 Å². The summed E-state index contributed by atoms with van der Waals surface area (Å²) >= 11 is 0.